The van der Waals surface area contributed by atoms with Crippen LogP contribution < -0.4 is 4.74 Å². The molecule has 0 saturated carbocycles. The number of aryl methyl sites for hydroxylation is 1. The molecule has 0 aliphatic rings. The van der Waals surface area contributed by atoms with E-state index in [9.17, 15) is 9.65 Å². The molecule has 0 bridgehead atoms. The van der Waals surface area contributed by atoms with E-state index in [2.05, 4.69) is 6.07 Å². The van der Waals surface area contributed by atoms with E-state index < -0.39 is 0 Å². The van der Waals surface area contributed by atoms with Crippen molar-refractivity contribution in [1.29, 1.82) is 5.26 Å². The van der Waals surface area contributed by atoms with Gasteiger partial charge in [0.2, 0.25) is 0 Å². The highest BCUT2D eigenvalue weighted by Gasteiger charge is 2.15. The average Bonchev–Trinajstić information content (AvgIpc) is 2.46. The number of ether oxygens (including phenoxy) is 1. The Morgan fingerprint density at radius 2 is 1.90 bits per heavy atom. The van der Waals surface area contributed by atoms with Gasteiger partial charge in [-0.05, 0) is 42.7 Å². The molecule has 2 rings (SSSR count). The molecular formula is C17H16FNO. The zero-order valence-corrected chi connectivity index (χ0v) is 11.6. The van der Waals surface area contributed by atoms with E-state index in [0.717, 1.165) is 11.1 Å². The van der Waals surface area contributed by atoms with Crippen molar-refractivity contribution in [2.75, 3.05) is 7.11 Å². The summed E-state index contributed by atoms with van der Waals surface area (Å²) in [7, 11) is 1.55. The Hall–Kier alpha value is -2.34. The lowest BCUT2D eigenvalue weighted by molar-refractivity contribution is 0.407. The van der Waals surface area contributed by atoms with Gasteiger partial charge in [-0.25, -0.2) is 4.39 Å². The van der Waals surface area contributed by atoms with E-state index in [-0.39, 0.29) is 11.7 Å². The normalized spacial score (nSPS) is 11.7. The standard InChI is InChI=1S/C17H16FNO/c1-12-3-5-13(6-4-12)15(11-19)9-14-10-16(18)7-8-17(14)20-2/h3-8,10,15H,9H2,1-2H3. The minimum atomic E-state index is -0.318. The van der Waals surface area contributed by atoms with Crippen molar-refractivity contribution in [1.82, 2.24) is 0 Å². The Kier molecular flexibility index (Phi) is 4.37. The van der Waals surface area contributed by atoms with Crippen LogP contribution in [0.3, 0.4) is 0 Å². The van der Waals surface area contributed by atoms with Crippen LogP contribution >= 0.6 is 0 Å². The van der Waals surface area contributed by atoms with Crippen LogP contribution in [0.4, 0.5) is 4.39 Å². The van der Waals surface area contributed by atoms with Crippen molar-refractivity contribution in [2.45, 2.75) is 19.3 Å². The Bertz CT molecular complexity index is 628. The number of benzene rings is 2. The summed E-state index contributed by atoms with van der Waals surface area (Å²) in [6, 6.07) is 14.5. The molecule has 0 saturated heterocycles. The molecule has 3 heteroatoms. The number of nitriles is 1. The molecule has 0 heterocycles. The molecule has 2 aromatic rings. The second-order valence-electron chi connectivity index (χ2n) is 4.75. The van der Waals surface area contributed by atoms with Gasteiger partial charge in [0.25, 0.3) is 0 Å². The van der Waals surface area contributed by atoms with Crippen molar-refractivity contribution in [3.63, 3.8) is 0 Å². The third kappa shape index (κ3) is 3.16. The smallest absolute Gasteiger partial charge is 0.123 e. The van der Waals surface area contributed by atoms with Crippen LogP contribution in [-0.2, 0) is 6.42 Å². The minimum absolute atomic E-state index is 0.314. The number of hydrogen-bond donors (Lipinski definition) is 0. The molecule has 0 radical (unpaired) electrons. The summed E-state index contributed by atoms with van der Waals surface area (Å²) in [5, 5.41) is 9.36. The number of hydrogen-bond acceptors (Lipinski definition) is 2. The van der Waals surface area contributed by atoms with Gasteiger partial charge >= 0.3 is 0 Å². The summed E-state index contributed by atoms with van der Waals surface area (Å²) in [4.78, 5) is 0. The van der Waals surface area contributed by atoms with E-state index >= 15 is 0 Å². The SMILES string of the molecule is COc1ccc(F)cc1CC(C#N)c1ccc(C)cc1. The van der Waals surface area contributed by atoms with E-state index in [1.807, 2.05) is 31.2 Å². The Balaban J connectivity index is 2.29. The number of nitrogens with zero attached hydrogens (tertiary/aromatic N) is 1. The fourth-order valence-corrected chi connectivity index (χ4v) is 2.16. The maximum absolute atomic E-state index is 13.4. The fourth-order valence-electron chi connectivity index (χ4n) is 2.16. The molecule has 0 aromatic heterocycles. The predicted octanol–water partition coefficient (Wildman–Crippen LogP) is 3.99. The van der Waals surface area contributed by atoms with E-state index in [0.29, 0.717) is 17.7 Å². The van der Waals surface area contributed by atoms with Gasteiger partial charge < -0.3 is 4.74 Å². The molecule has 0 N–H and O–H groups in total. The van der Waals surface area contributed by atoms with Crippen LogP contribution in [0.1, 0.15) is 22.6 Å². The van der Waals surface area contributed by atoms with Crippen molar-refractivity contribution in [3.8, 4) is 11.8 Å². The first-order valence-corrected chi connectivity index (χ1v) is 6.42. The van der Waals surface area contributed by atoms with E-state index in [4.69, 9.17) is 4.74 Å². The Labute approximate surface area is 118 Å². The van der Waals surface area contributed by atoms with Crippen molar-refractivity contribution in [2.24, 2.45) is 0 Å². The van der Waals surface area contributed by atoms with Gasteiger partial charge in [-0.1, -0.05) is 29.8 Å². The lowest BCUT2D eigenvalue weighted by atomic mass is 9.92. The molecule has 0 aliphatic heterocycles. The maximum Gasteiger partial charge on any atom is 0.123 e. The summed E-state index contributed by atoms with van der Waals surface area (Å²) >= 11 is 0. The third-order valence-corrected chi connectivity index (χ3v) is 3.30. The van der Waals surface area contributed by atoms with Gasteiger partial charge in [-0.2, -0.15) is 5.26 Å². The van der Waals surface area contributed by atoms with E-state index in [1.165, 1.54) is 12.1 Å². The van der Waals surface area contributed by atoms with Gasteiger partial charge in [-0.15, -0.1) is 0 Å². The Morgan fingerprint density at radius 3 is 2.50 bits per heavy atom. The molecule has 2 nitrogen and oxygen atoms in total. The number of rotatable bonds is 4. The molecule has 0 spiro atoms. The summed E-state index contributed by atoms with van der Waals surface area (Å²) in [5.41, 5.74) is 2.79. The predicted molar refractivity (Wildman–Crippen MR) is 76.2 cm³/mol. The second-order valence-corrected chi connectivity index (χ2v) is 4.75. The molecule has 2 aromatic carbocycles. The van der Waals surface area contributed by atoms with Crippen molar-refractivity contribution >= 4 is 0 Å². The first-order valence-electron chi connectivity index (χ1n) is 6.42. The minimum Gasteiger partial charge on any atom is -0.496 e. The molecule has 102 valence electrons. The number of halogens is 1. The van der Waals surface area contributed by atoms with Gasteiger partial charge in [0.05, 0.1) is 19.1 Å². The highest BCUT2D eigenvalue weighted by molar-refractivity contribution is 5.38. The quantitative estimate of drug-likeness (QED) is 0.840. The molecular weight excluding hydrogens is 253 g/mol. The monoisotopic (exact) mass is 269 g/mol. The molecule has 1 unspecified atom stereocenters. The zero-order chi connectivity index (χ0) is 14.5. The van der Waals surface area contributed by atoms with Crippen LogP contribution in [0.25, 0.3) is 0 Å². The van der Waals surface area contributed by atoms with Crippen LogP contribution in [0.2, 0.25) is 0 Å². The fraction of sp³-hybridized carbons (Fsp3) is 0.235. The van der Waals surface area contributed by atoms with Crippen LogP contribution in [0.15, 0.2) is 42.5 Å². The number of methoxy groups -OCH3 is 1. The summed E-state index contributed by atoms with van der Waals surface area (Å²) in [5.74, 6) is -0.0218. The van der Waals surface area contributed by atoms with Crippen LogP contribution in [-0.4, -0.2) is 7.11 Å². The second kappa shape index (κ2) is 6.21. The Morgan fingerprint density at radius 1 is 1.20 bits per heavy atom. The summed E-state index contributed by atoms with van der Waals surface area (Å²) < 4.78 is 18.6. The third-order valence-electron chi connectivity index (χ3n) is 3.30. The molecule has 20 heavy (non-hydrogen) atoms. The van der Waals surface area contributed by atoms with Crippen LogP contribution in [0.5, 0.6) is 5.75 Å². The molecule has 0 amide bonds. The first-order chi connectivity index (χ1) is 9.63. The molecule has 1 atom stereocenters. The zero-order valence-electron chi connectivity index (χ0n) is 11.6. The maximum atomic E-state index is 13.4. The lowest BCUT2D eigenvalue weighted by Gasteiger charge is -2.13. The van der Waals surface area contributed by atoms with Gasteiger partial charge in [0.1, 0.15) is 11.6 Å². The van der Waals surface area contributed by atoms with Gasteiger partial charge in [0.15, 0.2) is 0 Å². The van der Waals surface area contributed by atoms with Crippen molar-refractivity contribution < 1.29 is 9.13 Å². The topological polar surface area (TPSA) is 33.0 Å². The lowest BCUT2D eigenvalue weighted by Crippen LogP contribution is -2.03. The highest BCUT2D eigenvalue weighted by atomic mass is 19.1. The van der Waals surface area contributed by atoms with Gasteiger partial charge in [0, 0.05) is 0 Å². The average molecular weight is 269 g/mol. The molecule has 0 fully saturated rings. The highest BCUT2D eigenvalue weighted by Crippen LogP contribution is 2.27. The summed E-state index contributed by atoms with van der Waals surface area (Å²) in [6.07, 6.45) is 0.431. The largest absolute Gasteiger partial charge is 0.496 e. The molecule has 0 aliphatic carbocycles. The van der Waals surface area contributed by atoms with E-state index in [1.54, 1.807) is 13.2 Å². The van der Waals surface area contributed by atoms with Crippen molar-refractivity contribution in [3.05, 3.63) is 65.0 Å². The summed E-state index contributed by atoms with van der Waals surface area (Å²) in [6.45, 7) is 2.00. The van der Waals surface area contributed by atoms with Gasteiger partial charge in [-0.3, -0.25) is 0 Å². The first kappa shape index (κ1) is 14.1. The van der Waals surface area contributed by atoms with Crippen LogP contribution in [0, 0.1) is 24.1 Å².